The molecule has 0 saturated carbocycles. The summed E-state index contributed by atoms with van der Waals surface area (Å²) in [5.74, 6) is 0.799. The number of amides is 1. The lowest BCUT2D eigenvalue weighted by atomic mass is 10.2. The summed E-state index contributed by atoms with van der Waals surface area (Å²) in [5, 5.41) is 2.85. The topological polar surface area (TPSA) is 67.6 Å². The van der Waals surface area contributed by atoms with Crippen LogP contribution in [0, 0.1) is 0 Å². The number of nitrogens with zero attached hydrogens (tertiary/aromatic N) is 1. The van der Waals surface area contributed by atoms with Crippen LogP contribution in [0.5, 0.6) is 5.75 Å². The molecular formula is C16H28ClN3O2. The maximum absolute atomic E-state index is 11.5. The molecule has 0 heterocycles. The molecule has 1 aromatic rings. The standard InChI is InChI=1S/C16H27N3O2.ClH/c1-3-19(4-2)11-12-21-15-8-6-5-7-14(15)13-18-16(20)9-10-17;/h5-8H,3-4,9-13,17H2,1-2H3,(H,18,20);1H. The minimum Gasteiger partial charge on any atom is -0.492 e. The van der Waals surface area contributed by atoms with Crippen LogP contribution < -0.4 is 15.8 Å². The summed E-state index contributed by atoms with van der Waals surface area (Å²) in [6.45, 7) is 8.73. The fourth-order valence-electron chi connectivity index (χ4n) is 2.03. The first-order valence-electron chi connectivity index (χ1n) is 7.61. The molecule has 0 spiro atoms. The second-order valence-electron chi connectivity index (χ2n) is 4.80. The third-order valence-electron chi connectivity index (χ3n) is 3.38. The fourth-order valence-corrected chi connectivity index (χ4v) is 2.03. The highest BCUT2D eigenvalue weighted by atomic mass is 35.5. The highest BCUT2D eigenvalue weighted by Crippen LogP contribution is 2.17. The van der Waals surface area contributed by atoms with Crippen molar-refractivity contribution in [2.45, 2.75) is 26.8 Å². The Hall–Kier alpha value is -1.30. The first-order valence-corrected chi connectivity index (χ1v) is 7.61. The van der Waals surface area contributed by atoms with Crippen LogP contribution in [0.1, 0.15) is 25.8 Å². The smallest absolute Gasteiger partial charge is 0.221 e. The fraction of sp³-hybridized carbons (Fsp3) is 0.562. The van der Waals surface area contributed by atoms with E-state index in [-0.39, 0.29) is 18.3 Å². The number of ether oxygens (including phenoxy) is 1. The molecule has 22 heavy (non-hydrogen) atoms. The zero-order valence-electron chi connectivity index (χ0n) is 13.5. The van der Waals surface area contributed by atoms with Crippen LogP contribution in [-0.4, -0.2) is 43.6 Å². The molecule has 3 N–H and O–H groups in total. The van der Waals surface area contributed by atoms with Gasteiger partial charge in [-0.3, -0.25) is 4.79 Å². The second-order valence-corrected chi connectivity index (χ2v) is 4.80. The van der Waals surface area contributed by atoms with Gasteiger partial charge in [-0.15, -0.1) is 12.4 Å². The Kier molecular flexibility index (Phi) is 11.5. The van der Waals surface area contributed by atoms with Gasteiger partial charge in [-0.25, -0.2) is 0 Å². The van der Waals surface area contributed by atoms with Gasteiger partial charge in [-0.1, -0.05) is 32.0 Å². The van der Waals surface area contributed by atoms with E-state index in [4.69, 9.17) is 10.5 Å². The predicted molar refractivity (Wildman–Crippen MR) is 92.5 cm³/mol. The van der Waals surface area contributed by atoms with E-state index in [0.717, 1.165) is 30.9 Å². The lowest BCUT2D eigenvalue weighted by Gasteiger charge is -2.19. The molecule has 0 fully saturated rings. The molecule has 0 saturated heterocycles. The maximum Gasteiger partial charge on any atom is 0.221 e. The predicted octanol–water partition coefficient (Wildman–Crippen LogP) is 1.79. The number of carbonyl (C=O) groups is 1. The van der Waals surface area contributed by atoms with E-state index in [9.17, 15) is 4.79 Å². The third kappa shape index (κ3) is 7.64. The lowest BCUT2D eigenvalue weighted by Crippen LogP contribution is -2.28. The summed E-state index contributed by atoms with van der Waals surface area (Å²) in [4.78, 5) is 13.8. The first-order chi connectivity index (χ1) is 10.2. The molecule has 0 bridgehead atoms. The molecule has 0 aliphatic rings. The number of hydrogen-bond acceptors (Lipinski definition) is 4. The molecule has 0 aliphatic heterocycles. The molecule has 1 amide bonds. The third-order valence-corrected chi connectivity index (χ3v) is 3.38. The number of carbonyl (C=O) groups excluding carboxylic acids is 1. The molecule has 5 nitrogen and oxygen atoms in total. The van der Waals surface area contributed by atoms with Crippen LogP contribution in [0.2, 0.25) is 0 Å². The zero-order chi connectivity index (χ0) is 15.5. The number of para-hydroxylation sites is 1. The zero-order valence-corrected chi connectivity index (χ0v) is 14.3. The SMILES string of the molecule is CCN(CC)CCOc1ccccc1CNC(=O)CCN.Cl. The van der Waals surface area contributed by atoms with Crippen molar-refractivity contribution < 1.29 is 9.53 Å². The summed E-state index contributed by atoms with van der Waals surface area (Å²) in [6.07, 6.45) is 0.352. The van der Waals surface area contributed by atoms with E-state index >= 15 is 0 Å². The molecule has 0 aromatic heterocycles. The molecule has 0 aliphatic carbocycles. The Labute approximate surface area is 139 Å². The Bertz CT molecular complexity index is 426. The molecule has 0 radical (unpaired) electrons. The van der Waals surface area contributed by atoms with E-state index in [1.807, 2.05) is 24.3 Å². The van der Waals surface area contributed by atoms with Crippen molar-refractivity contribution in [1.82, 2.24) is 10.2 Å². The summed E-state index contributed by atoms with van der Waals surface area (Å²) in [6, 6.07) is 7.79. The molecular weight excluding hydrogens is 302 g/mol. The van der Waals surface area contributed by atoms with Crippen molar-refractivity contribution in [2.24, 2.45) is 5.73 Å². The van der Waals surface area contributed by atoms with Crippen LogP contribution in [0.15, 0.2) is 24.3 Å². The largest absolute Gasteiger partial charge is 0.492 e. The summed E-state index contributed by atoms with van der Waals surface area (Å²) in [5.41, 5.74) is 6.35. The van der Waals surface area contributed by atoms with E-state index in [1.165, 1.54) is 0 Å². The number of rotatable bonds is 10. The molecule has 6 heteroatoms. The molecule has 0 atom stereocenters. The van der Waals surface area contributed by atoms with Gasteiger partial charge in [-0.2, -0.15) is 0 Å². The van der Waals surface area contributed by atoms with E-state index in [1.54, 1.807) is 0 Å². The number of halogens is 1. The monoisotopic (exact) mass is 329 g/mol. The Morgan fingerprint density at radius 3 is 2.59 bits per heavy atom. The van der Waals surface area contributed by atoms with Crippen LogP contribution >= 0.6 is 12.4 Å². The average Bonchev–Trinajstić information content (AvgIpc) is 2.51. The van der Waals surface area contributed by atoms with Gasteiger partial charge >= 0.3 is 0 Å². The number of hydrogen-bond donors (Lipinski definition) is 2. The number of nitrogens with two attached hydrogens (primary N) is 1. The van der Waals surface area contributed by atoms with Crippen LogP contribution in [0.4, 0.5) is 0 Å². The van der Waals surface area contributed by atoms with Crippen LogP contribution in [0.25, 0.3) is 0 Å². The van der Waals surface area contributed by atoms with Crippen molar-refractivity contribution in [3.63, 3.8) is 0 Å². The number of likely N-dealkylation sites (N-methyl/N-ethyl adjacent to an activating group) is 1. The van der Waals surface area contributed by atoms with Gasteiger partial charge in [0.1, 0.15) is 12.4 Å². The van der Waals surface area contributed by atoms with E-state index in [0.29, 0.717) is 26.1 Å². The highest BCUT2D eigenvalue weighted by Gasteiger charge is 2.06. The maximum atomic E-state index is 11.5. The second kappa shape index (κ2) is 12.3. The van der Waals surface area contributed by atoms with Gasteiger partial charge in [0.25, 0.3) is 0 Å². The van der Waals surface area contributed by atoms with Gasteiger partial charge in [0, 0.05) is 31.6 Å². The summed E-state index contributed by atoms with van der Waals surface area (Å²) in [7, 11) is 0. The van der Waals surface area contributed by atoms with Crippen molar-refractivity contribution >= 4 is 18.3 Å². The van der Waals surface area contributed by atoms with Gasteiger partial charge in [0.05, 0.1) is 0 Å². The summed E-state index contributed by atoms with van der Waals surface area (Å²) < 4.78 is 5.85. The van der Waals surface area contributed by atoms with Gasteiger partial charge < -0.3 is 20.7 Å². The van der Waals surface area contributed by atoms with E-state index in [2.05, 4.69) is 24.1 Å². The van der Waals surface area contributed by atoms with Gasteiger partial charge in [0.2, 0.25) is 5.91 Å². The molecule has 1 rings (SSSR count). The van der Waals surface area contributed by atoms with Gasteiger partial charge in [0.15, 0.2) is 0 Å². The Balaban J connectivity index is 0.00000441. The van der Waals surface area contributed by atoms with E-state index < -0.39 is 0 Å². The van der Waals surface area contributed by atoms with Crippen LogP contribution in [0.3, 0.4) is 0 Å². The minimum atomic E-state index is -0.0320. The van der Waals surface area contributed by atoms with Crippen molar-refractivity contribution in [2.75, 3.05) is 32.8 Å². The summed E-state index contributed by atoms with van der Waals surface area (Å²) >= 11 is 0. The Morgan fingerprint density at radius 1 is 1.27 bits per heavy atom. The van der Waals surface area contributed by atoms with Crippen molar-refractivity contribution in [1.29, 1.82) is 0 Å². The number of benzene rings is 1. The van der Waals surface area contributed by atoms with Crippen molar-refractivity contribution in [3.8, 4) is 5.75 Å². The van der Waals surface area contributed by atoms with Gasteiger partial charge in [-0.05, 0) is 19.2 Å². The van der Waals surface area contributed by atoms with Crippen molar-refractivity contribution in [3.05, 3.63) is 29.8 Å². The normalized spacial score (nSPS) is 10.2. The Morgan fingerprint density at radius 2 is 1.95 bits per heavy atom. The lowest BCUT2D eigenvalue weighted by molar-refractivity contribution is -0.121. The molecule has 1 aromatic carbocycles. The highest BCUT2D eigenvalue weighted by molar-refractivity contribution is 5.85. The molecule has 126 valence electrons. The molecule has 0 unspecified atom stereocenters. The quantitative estimate of drug-likeness (QED) is 0.687. The minimum absolute atomic E-state index is 0. The first kappa shape index (κ1) is 20.7. The van der Waals surface area contributed by atoms with Crippen LogP contribution in [-0.2, 0) is 11.3 Å². The number of nitrogens with one attached hydrogen (secondary N) is 1. The average molecular weight is 330 g/mol.